The summed E-state index contributed by atoms with van der Waals surface area (Å²) < 4.78 is 11.7. The maximum atomic E-state index is 13.3. The van der Waals surface area contributed by atoms with Gasteiger partial charge in [-0.05, 0) is 68.3 Å². The molecule has 170 valence electrons. The third-order valence-electron chi connectivity index (χ3n) is 4.86. The van der Waals surface area contributed by atoms with Gasteiger partial charge in [0.05, 0.1) is 24.3 Å². The summed E-state index contributed by atoms with van der Waals surface area (Å²) in [6, 6.07) is 23.7. The Labute approximate surface area is 195 Å². The fourth-order valence-corrected chi connectivity index (χ4v) is 3.32. The number of benzene rings is 3. The predicted molar refractivity (Wildman–Crippen MR) is 129 cm³/mol. The summed E-state index contributed by atoms with van der Waals surface area (Å²) >= 11 is 0. The van der Waals surface area contributed by atoms with Gasteiger partial charge in [-0.15, -0.1) is 0 Å². The van der Waals surface area contributed by atoms with Gasteiger partial charge < -0.3 is 20.1 Å². The molecule has 1 atom stereocenters. The van der Waals surface area contributed by atoms with Gasteiger partial charge >= 0.3 is 0 Å². The molecule has 0 bridgehead atoms. The van der Waals surface area contributed by atoms with Crippen LogP contribution in [-0.2, 0) is 11.3 Å². The van der Waals surface area contributed by atoms with Crippen molar-refractivity contribution in [3.8, 4) is 17.6 Å². The van der Waals surface area contributed by atoms with Crippen molar-refractivity contribution in [3.63, 3.8) is 0 Å². The zero-order valence-corrected chi connectivity index (χ0v) is 19.2. The van der Waals surface area contributed by atoms with E-state index in [4.69, 9.17) is 14.7 Å². The fraction of sp³-hybridized carbons (Fsp3) is 0.259. The normalized spacial score (nSPS) is 11.4. The number of carbonyl (C=O) groups excluding carboxylic acids is 1. The SMILES string of the molecule is CCOc1cc(C(Nc2ccc(C#N)cc2)C(=O)NCc2ccccc2)ccc1OC(C)C. The van der Waals surface area contributed by atoms with Crippen molar-refractivity contribution in [2.24, 2.45) is 0 Å². The Morgan fingerprint density at radius 3 is 2.36 bits per heavy atom. The van der Waals surface area contributed by atoms with Gasteiger partial charge in [0.25, 0.3) is 0 Å². The van der Waals surface area contributed by atoms with Gasteiger partial charge in [-0.3, -0.25) is 4.79 Å². The number of nitrogens with one attached hydrogen (secondary N) is 2. The van der Waals surface area contributed by atoms with E-state index in [0.717, 1.165) is 16.8 Å². The van der Waals surface area contributed by atoms with Crippen LogP contribution in [0.1, 0.15) is 43.5 Å². The number of hydrogen-bond donors (Lipinski definition) is 2. The zero-order valence-electron chi connectivity index (χ0n) is 19.2. The summed E-state index contributed by atoms with van der Waals surface area (Å²) in [6.07, 6.45) is -0.00296. The molecule has 6 heteroatoms. The second kappa shape index (κ2) is 11.6. The highest BCUT2D eigenvalue weighted by atomic mass is 16.5. The van der Waals surface area contributed by atoms with Crippen LogP contribution in [0.3, 0.4) is 0 Å². The number of amides is 1. The molecule has 0 aliphatic carbocycles. The van der Waals surface area contributed by atoms with Crippen LogP contribution >= 0.6 is 0 Å². The van der Waals surface area contributed by atoms with Gasteiger partial charge in [0.1, 0.15) is 6.04 Å². The van der Waals surface area contributed by atoms with Crippen LogP contribution in [0.25, 0.3) is 0 Å². The second-order valence-electron chi connectivity index (χ2n) is 7.78. The van der Waals surface area contributed by atoms with Gasteiger partial charge in [-0.2, -0.15) is 5.26 Å². The molecule has 0 aliphatic heterocycles. The number of ether oxygens (including phenoxy) is 2. The molecule has 0 radical (unpaired) electrons. The lowest BCUT2D eigenvalue weighted by atomic mass is 10.0. The van der Waals surface area contributed by atoms with E-state index in [1.54, 1.807) is 24.3 Å². The molecule has 2 N–H and O–H groups in total. The van der Waals surface area contributed by atoms with Crippen molar-refractivity contribution in [3.05, 3.63) is 89.5 Å². The molecular weight excluding hydrogens is 414 g/mol. The Kier molecular flexibility index (Phi) is 8.31. The number of rotatable bonds is 10. The monoisotopic (exact) mass is 443 g/mol. The minimum Gasteiger partial charge on any atom is -0.490 e. The third-order valence-corrected chi connectivity index (χ3v) is 4.86. The van der Waals surface area contributed by atoms with Crippen molar-refractivity contribution >= 4 is 11.6 Å². The number of nitriles is 1. The van der Waals surface area contributed by atoms with Crippen LogP contribution in [0.5, 0.6) is 11.5 Å². The van der Waals surface area contributed by atoms with Gasteiger partial charge in [-0.1, -0.05) is 36.4 Å². The van der Waals surface area contributed by atoms with E-state index in [9.17, 15) is 4.79 Å². The largest absolute Gasteiger partial charge is 0.490 e. The van der Waals surface area contributed by atoms with E-state index >= 15 is 0 Å². The van der Waals surface area contributed by atoms with E-state index in [1.807, 2.05) is 69.3 Å². The van der Waals surface area contributed by atoms with Crippen LogP contribution in [-0.4, -0.2) is 18.6 Å². The topological polar surface area (TPSA) is 83.4 Å². The number of hydrogen-bond acceptors (Lipinski definition) is 5. The Balaban J connectivity index is 1.90. The Morgan fingerprint density at radius 1 is 1.00 bits per heavy atom. The number of carbonyl (C=O) groups is 1. The molecule has 33 heavy (non-hydrogen) atoms. The first-order valence-electron chi connectivity index (χ1n) is 11.0. The van der Waals surface area contributed by atoms with Crippen molar-refractivity contribution in [2.45, 2.75) is 39.5 Å². The van der Waals surface area contributed by atoms with E-state index in [2.05, 4.69) is 16.7 Å². The molecule has 3 aromatic rings. The Bertz CT molecular complexity index is 1090. The summed E-state index contributed by atoms with van der Waals surface area (Å²) in [7, 11) is 0. The van der Waals surface area contributed by atoms with Crippen molar-refractivity contribution in [1.29, 1.82) is 5.26 Å². The molecule has 3 rings (SSSR count). The first kappa shape index (κ1) is 23.7. The molecule has 0 aliphatic rings. The minimum atomic E-state index is -0.672. The van der Waals surface area contributed by atoms with Crippen molar-refractivity contribution < 1.29 is 14.3 Å². The summed E-state index contributed by atoms with van der Waals surface area (Å²) in [5, 5.41) is 15.4. The molecule has 1 amide bonds. The average Bonchev–Trinajstić information content (AvgIpc) is 2.83. The number of anilines is 1. The first-order valence-corrected chi connectivity index (χ1v) is 11.0. The van der Waals surface area contributed by atoms with Crippen LogP contribution in [0.2, 0.25) is 0 Å². The van der Waals surface area contributed by atoms with E-state index < -0.39 is 6.04 Å². The van der Waals surface area contributed by atoms with Crippen LogP contribution in [0, 0.1) is 11.3 Å². The average molecular weight is 444 g/mol. The third kappa shape index (κ3) is 6.75. The molecule has 0 saturated heterocycles. The predicted octanol–water partition coefficient (Wildman–Crippen LogP) is 5.21. The second-order valence-corrected chi connectivity index (χ2v) is 7.78. The van der Waals surface area contributed by atoms with Gasteiger partial charge in [0, 0.05) is 12.2 Å². The van der Waals surface area contributed by atoms with Crippen LogP contribution in [0.4, 0.5) is 5.69 Å². The lowest BCUT2D eigenvalue weighted by Crippen LogP contribution is -2.33. The smallest absolute Gasteiger partial charge is 0.247 e. The molecule has 0 spiro atoms. The molecule has 6 nitrogen and oxygen atoms in total. The van der Waals surface area contributed by atoms with Crippen LogP contribution in [0.15, 0.2) is 72.8 Å². The van der Waals surface area contributed by atoms with Crippen molar-refractivity contribution in [1.82, 2.24) is 5.32 Å². The van der Waals surface area contributed by atoms with Gasteiger partial charge in [-0.25, -0.2) is 0 Å². The quantitative estimate of drug-likeness (QED) is 0.449. The maximum Gasteiger partial charge on any atom is 0.247 e. The van der Waals surface area contributed by atoms with Gasteiger partial charge in [0.2, 0.25) is 5.91 Å². The summed E-state index contributed by atoms with van der Waals surface area (Å²) in [5.41, 5.74) is 3.04. The lowest BCUT2D eigenvalue weighted by Gasteiger charge is -2.22. The maximum absolute atomic E-state index is 13.3. The highest BCUT2D eigenvalue weighted by Gasteiger charge is 2.22. The van der Waals surface area contributed by atoms with Crippen molar-refractivity contribution in [2.75, 3.05) is 11.9 Å². The van der Waals surface area contributed by atoms with Crippen LogP contribution < -0.4 is 20.1 Å². The lowest BCUT2D eigenvalue weighted by molar-refractivity contribution is -0.122. The minimum absolute atomic E-state index is 0.00296. The molecule has 0 saturated carbocycles. The summed E-state index contributed by atoms with van der Waals surface area (Å²) in [5.74, 6) is 1.05. The molecule has 3 aromatic carbocycles. The Morgan fingerprint density at radius 2 is 1.73 bits per heavy atom. The first-order chi connectivity index (χ1) is 16.0. The fourth-order valence-electron chi connectivity index (χ4n) is 3.32. The molecule has 0 fully saturated rings. The molecule has 0 heterocycles. The Hall–Kier alpha value is -3.98. The standard InChI is InChI=1S/C27H29N3O3/c1-4-32-25-16-22(12-15-24(25)33-19(2)3)26(30-23-13-10-20(17-28)11-14-23)27(31)29-18-21-8-6-5-7-9-21/h5-16,19,26,30H,4,18H2,1-3H3,(H,29,31). The van der Waals surface area contributed by atoms with Gasteiger partial charge in [0.15, 0.2) is 11.5 Å². The van der Waals surface area contributed by atoms with E-state index in [0.29, 0.717) is 30.2 Å². The zero-order chi connectivity index (χ0) is 23.6. The molecule has 1 unspecified atom stereocenters. The molecule has 0 aromatic heterocycles. The number of nitrogens with zero attached hydrogens (tertiary/aromatic N) is 1. The van der Waals surface area contributed by atoms with E-state index in [1.165, 1.54) is 0 Å². The molecular formula is C27H29N3O3. The highest BCUT2D eigenvalue weighted by molar-refractivity contribution is 5.86. The van der Waals surface area contributed by atoms with E-state index in [-0.39, 0.29) is 12.0 Å². The highest BCUT2D eigenvalue weighted by Crippen LogP contribution is 2.33. The summed E-state index contributed by atoms with van der Waals surface area (Å²) in [4.78, 5) is 13.3. The summed E-state index contributed by atoms with van der Waals surface area (Å²) in [6.45, 7) is 6.71.